The highest BCUT2D eigenvalue weighted by Crippen LogP contribution is 2.18. The summed E-state index contributed by atoms with van der Waals surface area (Å²) in [5.74, 6) is 0.416. The van der Waals surface area contributed by atoms with Gasteiger partial charge in [-0.2, -0.15) is 0 Å². The van der Waals surface area contributed by atoms with Crippen LogP contribution in [0.4, 0.5) is 5.69 Å². The van der Waals surface area contributed by atoms with Crippen molar-refractivity contribution in [3.63, 3.8) is 0 Å². The standard InChI is InChI=1S/C9H13ClN2O2/c1-6(5-13-2)14-9-4-7(11)3-8(10)12-9/h3-4,6H,5H2,1-2H3,(H2,11,12). The maximum atomic E-state index is 5.71. The van der Waals surface area contributed by atoms with Gasteiger partial charge in [-0.15, -0.1) is 0 Å². The van der Waals surface area contributed by atoms with Crippen LogP contribution in [0.15, 0.2) is 12.1 Å². The molecule has 0 radical (unpaired) electrons. The number of nitrogens with zero attached hydrogens (tertiary/aromatic N) is 1. The molecule has 5 heteroatoms. The van der Waals surface area contributed by atoms with Crippen LogP contribution in [0.1, 0.15) is 6.92 Å². The minimum absolute atomic E-state index is 0.0784. The third kappa shape index (κ3) is 3.40. The van der Waals surface area contributed by atoms with Crippen molar-refractivity contribution in [1.82, 2.24) is 4.98 Å². The van der Waals surface area contributed by atoms with Gasteiger partial charge in [0, 0.05) is 18.9 Å². The van der Waals surface area contributed by atoms with Gasteiger partial charge < -0.3 is 15.2 Å². The van der Waals surface area contributed by atoms with Crippen LogP contribution in [0.3, 0.4) is 0 Å². The summed E-state index contributed by atoms with van der Waals surface area (Å²) < 4.78 is 10.3. The molecule has 0 aliphatic heterocycles. The molecule has 14 heavy (non-hydrogen) atoms. The van der Waals surface area contributed by atoms with Gasteiger partial charge in [-0.25, -0.2) is 4.98 Å². The molecule has 2 N–H and O–H groups in total. The van der Waals surface area contributed by atoms with Crippen LogP contribution in [0, 0.1) is 0 Å². The first kappa shape index (κ1) is 11.1. The van der Waals surface area contributed by atoms with Gasteiger partial charge in [0.2, 0.25) is 5.88 Å². The van der Waals surface area contributed by atoms with E-state index in [1.807, 2.05) is 6.92 Å². The molecule has 1 aromatic heterocycles. The summed E-state index contributed by atoms with van der Waals surface area (Å²) in [5, 5.41) is 0.324. The molecular formula is C9H13ClN2O2. The van der Waals surface area contributed by atoms with Crippen molar-refractivity contribution in [2.45, 2.75) is 13.0 Å². The molecule has 0 aliphatic carbocycles. The number of hydrogen-bond acceptors (Lipinski definition) is 4. The first-order chi connectivity index (χ1) is 6.61. The third-order valence-electron chi connectivity index (χ3n) is 1.52. The third-order valence-corrected chi connectivity index (χ3v) is 1.71. The number of nitrogen functional groups attached to an aromatic ring is 1. The maximum Gasteiger partial charge on any atom is 0.217 e. The van der Waals surface area contributed by atoms with Gasteiger partial charge in [0.25, 0.3) is 0 Å². The number of ether oxygens (including phenoxy) is 2. The van der Waals surface area contributed by atoms with Crippen LogP contribution in [-0.4, -0.2) is 24.8 Å². The molecule has 1 aromatic rings. The van der Waals surface area contributed by atoms with Crippen LogP contribution >= 0.6 is 11.6 Å². The molecule has 0 spiro atoms. The molecule has 0 bridgehead atoms. The van der Waals surface area contributed by atoms with E-state index in [0.717, 1.165) is 0 Å². The van der Waals surface area contributed by atoms with E-state index in [9.17, 15) is 0 Å². The maximum absolute atomic E-state index is 5.71. The molecule has 0 aliphatic rings. The Hall–Kier alpha value is -1.00. The molecule has 1 atom stereocenters. The smallest absolute Gasteiger partial charge is 0.217 e. The van der Waals surface area contributed by atoms with Gasteiger partial charge in [-0.3, -0.25) is 0 Å². The molecule has 0 saturated heterocycles. The first-order valence-electron chi connectivity index (χ1n) is 4.20. The average Bonchev–Trinajstić information content (AvgIpc) is 2.01. The normalized spacial score (nSPS) is 12.5. The van der Waals surface area contributed by atoms with Crippen LogP contribution in [0.25, 0.3) is 0 Å². The van der Waals surface area contributed by atoms with Gasteiger partial charge in [0.15, 0.2) is 0 Å². The average molecular weight is 217 g/mol. The van der Waals surface area contributed by atoms with Crippen molar-refractivity contribution >= 4 is 17.3 Å². The van der Waals surface area contributed by atoms with E-state index in [4.69, 9.17) is 26.8 Å². The Morgan fingerprint density at radius 2 is 2.29 bits per heavy atom. The van der Waals surface area contributed by atoms with E-state index >= 15 is 0 Å². The molecule has 0 fully saturated rings. The van der Waals surface area contributed by atoms with Crippen molar-refractivity contribution < 1.29 is 9.47 Å². The Morgan fingerprint density at radius 3 is 2.86 bits per heavy atom. The molecule has 4 nitrogen and oxygen atoms in total. The van der Waals surface area contributed by atoms with Gasteiger partial charge in [0.05, 0.1) is 6.61 Å². The van der Waals surface area contributed by atoms with Crippen molar-refractivity contribution in [2.75, 3.05) is 19.5 Å². The first-order valence-corrected chi connectivity index (χ1v) is 4.58. The predicted molar refractivity (Wildman–Crippen MR) is 55.6 cm³/mol. The second-order valence-electron chi connectivity index (χ2n) is 2.95. The van der Waals surface area contributed by atoms with Crippen molar-refractivity contribution in [3.8, 4) is 5.88 Å². The number of rotatable bonds is 4. The highest BCUT2D eigenvalue weighted by molar-refractivity contribution is 6.29. The predicted octanol–water partition coefficient (Wildman–Crippen LogP) is 1.73. The van der Waals surface area contributed by atoms with E-state index in [0.29, 0.717) is 23.3 Å². The molecule has 0 aromatic carbocycles. The summed E-state index contributed by atoms with van der Waals surface area (Å²) in [6.45, 7) is 2.37. The largest absolute Gasteiger partial charge is 0.472 e. The monoisotopic (exact) mass is 216 g/mol. The van der Waals surface area contributed by atoms with Crippen LogP contribution in [0.5, 0.6) is 5.88 Å². The minimum Gasteiger partial charge on any atom is -0.472 e. The molecule has 78 valence electrons. The quantitative estimate of drug-likeness (QED) is 0.779. The summed E-state index contributed by atoms with van der Waals surface area (Å²) in [4.78, 5) is 3.96. The lowest BCUT2D eigenvalue weighted by molar-refractivity contribution is 0.0890. The van der Waals surface area contributed by atoms with Crippen molar-refractivity contribution in [2.24, 2.45) is 0 Å². The Morgan fingerprint density at radius 1 is 1.57 bits per heavy atom. The van der Waals surface area contributed by atoms with Crippen molar-refractivity contribution in [1.29, 1.82) is 0 Å². The van der Waals surface area contributed by atoms with Gasteiger partial charge in [0.1, 0.15) is 11.3 Å². The Bertz CT molecular complexity index is 287. The summed E-state index contributed by atoms with van der Waals surface area (Å²) in [5.41, 5.74) is 6.11. The number of methoxy groups -OCH3 is 1. The minimum atomic E-state index is -0.0784. The van der Waals surface area contributed by atoms with E-state index in [2.05, 4.69) is 4.98 Å². The van der Waals surface area contributed by atoms with Gasteiger partial charge in [-0.05, 0) is 13.0 Å². The lowest BCUT2D eigenvalue weighted by Gasteiger charge is -2.12. The lowest BCUT2D eigenvalue weighted by Crippen LogP contribution is -2.18. The Labute approximate surface area is 88.0 Å². The van der Waals surface area contributed by atoms with Crippen molar-refractivity contribution in [3.05, 3.63) is 17.3 Å². The molecular weight excluding hydrogens is 204 g/mol. The molecule has 1 rings (SSSR count). The fourth-order valence-electron chi connectivity index (χ4n) is 1.03. The lowest BCUT2D eigenvalue weighted by atomic mass is 10.4. The summed E-state index contributed by atoms with van der Waals surface area (Å²) in [7, 11) is 1.61. The van der Waals surface area contributed by atoms with Crippen LogP contribution < -0.4 is 10.5 Å². The molecule has 0 amide bonds. The topological polar surface area (TPSA) is 57.4 Å². The highest BCUT2D eigenvalue weighted by atomic mass is 35.5. The number of anilines is 1. The van der Waals surface area contributed by atoms with E-state index < -0.39 is 0 Å². The summed E-state index contributed by atoms with van der Waals surface area (Å²) >= 11 is 5.71. The second kappa shape index (κ2) is 5.02. The summed E-state index contributed by atoms with van der Waals surface area (Å²) in [6.07, 6.45) is -0.0784. The number of aromatic nitrogens is 1. The Balaban J connectivity index is 2.66. The SMILES string of the molecule is COCC(C)Oc1cc(N)cc(Cl)n1. The fourth-order valence-corrected chi connectivity index (χ4v) is 1.24. The zero-order valence-electron chi connectivity index (χ0n) is 8.16. The number of hydrogen-bond donors (Lipinski definition) is 1. The number of nitrogens with two attached hydrogens (primary N) is 1. The Kier molecular flexibility index (Phi) is 3.98. The second-order valence-corrected chi connectivity index (χ2v) is 3.33. The van der Waals surface area contributed by atoms with Gasteiger partial charge in [-0.1, -0.05) is 11.6 Å². The summed E-state index contributed by atoms with van der Waals surface area (Å²) in [6, 6.07) is 3.19. The van der Waals surface area contributed by atoms with E-state index in [-0.39, 0.29) is 6.10 Å². The van der Waals surface area contributed by atoms with Crippen LogP contribution in [-0.2, 0) is 4.74 Å². The van der Waals surface area contributed by atoms with E-state index in [1.54, 1.807) is 19.2 Å². The molecule has 1 heterocycles. The molecule has 0 saturated carbocycles. The van der Waals surface area contributed by atoms with Crippen LogP contribution in [0.2, 0.25) is 5.15 Å². The number of pyridine rings is 1. The molecule has 1 unspecified atom stereocenters. The fraction of sp³-hybridized carbons (Fsp3) is 0.444. The zero-order valence-corrected chi connectivity index (χ0v) is 8.91. The zero-order chi connectivity index (χ0) is 10.6. The van der Waals surface area contributed by atoms with Gasteiger partial charge >= 0.3 is 0 Å². The number of halogens is 1. The van der Waals surface area contributed by atoms with E-state index in [1.165, 1.54) is 0 Å². The highest BCUT2D eigenvalue weighted by Gasteiger charge is 2.05.